The maximum Gasteiger partial charge on any atom is 0.338 e. The Kier molecular flexibility index (Phi) is 5.26. The maximum absolute atomic E-state index is 13.5. The highest BCUT2D eigenvalue weighted by atomic mass is 32.1. The number of rotatable bonds is 4. The molecule has 0 saturated heterocycles. The lowest BCUT2D eigenvalue weighted by molar-refractivity contribution is -0.136. The molecule has 0 spiro atoms. The molecule has 0 fully saturated rings. The van der Waals surface area contributed by atoms with Crippen molar-refractivity contribution in [3.8, 4) is 17.2 Å². The monoisotopic (exact) mass is 464 g/mol. The minimum atomic E-state index is -0.668. The smallest absolute Gasteiger partial charge is 0.338 e. The molecule has 0 unspecified atom stereocenters. The third kappa shape index (κ3) is 3.60. The fourth-order valence-corrected chi connectivity index (χ4v) is 5.00. The molecule has 33 heavy (non-hydrogen) atoms. The highest BCUT2D eigenvalue weighted by molar-refractivity contribution is 7.07. The van der Waals surface area contributed by atoms with Crippen LogP contribution in [0.5, 0.6) is 17.2 Å². The Morgan fingerprint density at radius 3 is 2.64 bits per heavy atom. The Morgan fingerprint density at radius 2 is 1.91 bits per heavy atom. The van der Waals surface area contributed by atoms with Gasteiger partial charge in [0, 0.05) is 0 Å². The first-order valence-corrected chi connectivity index (χ1v) is 11.0. The van der Waals surface area contributed by atoms with Gasteiger partial charge in [0.05, 0.1) is 36.1 Å². The van der Waals surface area contributed by atoms with E-state index in [0.29, 0.717) is 37.9 Å². The van der Waals surface area contributed by atoms with Gasteiger partial charge in [-0.3, -0.25) is 9.36 Å². The number of carbonyl (C=O) groups excluding carboxylic acids is 1. The second kappa shape index (κ2) is 8.25. The number of benzene rings is 2. The number of hydrogen-bond donors (Lipinski definition) is 0. The first-order chi connectivity index (χ1) is 16.0. The summed E-state index contributed by atoms with van der Waals surface area (Å²) in [6, 6.07) is 12.1. The zero-order chi connectivity index (χ0) is 23.1. The average molecular weight is 464 g/mol. The third-order valence-corrected chi connectivity index (χ3v) is 6.54. The molecular weight excluding hydrogens is 444 g/mol. The molecule has 168 valence electrons. The van der Waals surface area contributed by atoms with Crippen LogP contribution in [0, 0.1) is 0 Å². The Hall–Kier alpha value is -3.85. The molecule has 1 atom stereocenters. The van der Waals surface area contributed by atoms with Crippen LogP contribution in [0.4, 0.5) is 0 Å². The molecule has 1 aromatic heterocycles. The summed E-state index contributed by atoms with van der Waals surface area (Å²) in [5.74, 6) is 1.46. The van der Waals surface area contributed by atoms with Gasteiger partial charge in [-0.1, -0.05) is 29.5 Å². The van der Waals surface area contributed by atoms with Crippen LogP contribution in [0.1, 0.15) is 24.1 Å². The molecule has 2 aliphatic heterocycles. The van der Waals surface area contributed by atoms with Crippen LogP contribution in [0.25, 0.3) is 6.08 Å². The minimum Gasteiger partial charge on any atom is -0.497 e. The van der Waals surface area contributed by atoms with Crippen molar-refractivity contribution in [2.24, 2.45) is 4.99 Å². The summed E-state index contributed by atoms with van der Waals surface area (Å²) < 4.78 is 23.1. The van der Waals surface area contributed by atoms with Crippen LogP contribution in [0.2, 0.25) is 0 Å². The second-order valence-electron chi connectivity index (χ2n) is 7.46. The molecule has 0 saturated carbocycles. The van der Waals surface area contributed by atoms with Crippen LogP contribution in [-0.4, -0.2) is 31.5 Å². The van der Waals surface area contributed by atoms with Crippen LogP contribution in [0.15, 0.2) is 63.5 Å². The maximum atomic E-state index is 13.5. The van der Waals surface area contributed by atoms with E-state index in [1.54, 1.807) is 36.8 Å². The molecule has 0 radical (unpaired) electrons. The van der Waals surface area contributed by atoms with Gasteiger partial charge in [-0.05, 0) is 48.4 Å². The van der Waals surface area contributed by atoms with E-state index < -0.39 is 12.0 Å². The van der Waals surface area contributed by atoms with Gasteiger partial charge in [0.1, 0.15) is 5.75 Å². The predicted molar refractivity (Wildman–Crippen MR) is 121 cm³/mol. The Morgan fingerprint density at radius 1 is 1.15 bits per heavy atom. The number of esters is 1. The summed E-state index contributed by atoms with van der Waals surface area (Å²) in [7, 11) is 2.90. The summed E-state index contributed by atoms with van der Waals surface area (Å²) in [5, 5.41) is 0. The van der Waals surface area contributed by atoms with Crippen molar-refractivity contribution in [2.45, 2.75) is 13.0 Å². The summed E-state index contributed by atoms with van der Waals surface area (Å²) in [5.41, 5.74) is 2.14. The van der Waals surface area contributed by atoms with Crippen LogP contribution in [-0.2, 0) is 9.53 Å². The third-order valence-electron chi connectivity index (χ3n) is 5.55. The van der Waals surface area contributed by atoms with E-state index in [4.69, 9.17) is 18.9 Å². The number of carbonyl (C=O) groups is 1. The molecule has 3 heterocycles. The highest BCUT2D eigenvalue weighted by Crippen LogP contribution is 2.33. The van der Waals surface area contributed by atoms with Crippen molar-refractivity contribution >= 4 is 23.4 Å². The number of nitrogens with zero attached hydrogens (tertiary/aromatic N) is 2. The number of allylic oxidation sites excluding steroid dienone is 1. The van der Waals surface area contributed by atoms with E-state index in [-0.39, 0.29) is 12.4 Å². The van der Waals surface area contributed by atoms with Gasteiger partial charge in [0.25, 0.3) is 5.56 Å². The average Bonchev–Trinajstić information content (AvgIpc) is 3.41. The summed E-state index contributed by atoms with van der Waals surface area (Å²) >= 11 is 1.27. The minimum absolute atomic E-state index is 0.179. The number of hydrogen-bond acceptors (Lipinski definition) is 8. The van der Waals surface area contributed by atoms with Crippen molar-refractivity contribution in [3.63, 3.8) is 0 Å². The lowest BCUT2D eigenvalue weighted by Crippen LogP contribution is -2.39. The van der Waals surface area contributed by atoms with E-state index in [1.807, 2.05) is 30.3 Å². The molecule has 5 rings (SSSR count). The second-order valence-corrected chi connectivity index (χ2v) is 8.47. The molecule has 0 N–H and O–H groups in total. The quantitative estimate of drug-likeness (QED) is 0.550. The summed E-state index contributed by atoms with van der Waals surface area (Å²) in [6.07, 6.45) is 1.79. The lowest BCUT2D eigenvalue weighted by atomic mass is 9.96. The molecule has 8 nitrogen and oxygen atoms in total. The van der Waals surface area contributed by atoms with Crippen molar-refractivity contribution in [1.82, 2.24) is 4.57 Å². The van der Waals surface area contributed by atoms with Crippen LogP contribution < -0.4 is 29.1 Å². The SMILES string of the molecule is COC(=O)C1=C(C)N=c2s/c(=C\c3ccc4c(c3)OCO4)c(=O)n2[C@@H]1c1ccc(OC)cc1. The van der Waals surface area contributed by atoms with E-state index in [1.165, 1.54) is 18.4 Å². The van der Waals surface area contributed by atoms with Crippen molar-refractivity contribution in [1.29, 1.82) is 0 Å². The zero-order valence-corrected chi connectivity index (χ0v) is 19.0. The van der Waals surface area contributed by atoms with Gasteiger partial charge in [-0.2, -0.15) is 0 Å². The van der Waals surface area contributed by atoms with E-state index in [0.717, 1.165) is 11.1 Å². The summed E-state index contributed by atoms with van der Waals surface area (Å²) in [6.45, 7) is 1.93. The van der Waals surface area contributed by atoms with Gasteiger partial charge in [-0.15, -0.1) is 0 Å². The molecular formula is C24H20N2O6S. The number of methoxy groups -OCH3 is 2. The Balaban J connectivity index is 1.69. The van der Waals surface area contributed by atoms with E-state index in [9.17, 15) is 9.59 Å². The Labute approximate surface area is 192 Å². The van der Waals surface area contributed by atoms with E-state index in [2.05, 4.69) is 4.99 Å². The standard InChI is InChI=1S/C24H20N2O6S/c1-13-20(23(28)30-3)21(15-5-7-16(29-2)8-6-15)26-22(27)19(33-24(26)25-13)11-14-4-9-17-18(10-14)32-12-31-17/h4-11,21H,12H2,1-3H3/b19-11-/t21-/m1/s1. The van der Waals surface area contributed by atoms with Gasteiger partial charge < -0.3 is 18.9 Å². The molecule has 0 aliphatic carbocycles. The molecule has 2 aromatic carbocycles. The number of fused-ring (bicyclic) bond motifs is 2. The topological polar surface area (TPSA) is 88.4 Å². The summed E-state index contributed by atoms with van der Waals surface area (Å²) in [4.78, 5) is 31.3. The number of thiazole rings is 1. The fraction of sp³-hybridized carbons (Fsp3) is 0.208. The van der Waals surface area contributed by atoms with Crippen molar-refractivity contribution < 1.29 is 23.7 Å². The molecule has 0 bridgehead atoms. The zero-order valence-electron chi connectivity index (χ0n) is 18.2. The first kappa shape index (κ1) is 21.0. The number of aromatic nitrogens is 1. The van der Waals surface area contributed by atoms with Gasteiger partial charge in [-0.25, -0.2) is 9.79 Å². The highest BCUT2D eigenvalue weighted by Gasteiger charge is 2.33. The van der Waals surface area contributed by atoms with Gasteiger partial charge in [0.15, 0.2) is 16.3 Å². The largest absolute Gasteiger partial charge is 0.497 e. The fourth-order valence-electron chi connectivity index (χ4n) is 3.95. The molecule has 0 amide bonds. The van der Waals surface area contributed by atoms with Gasteiger partial charge >= 0.3 is 5.97 Å². The van der Waals surface area contributed by atoms with Crippen molar-refractivity contribution in [3.05, 3.63) is 84.5 Å². The molecule has 9 heteroatoms. The predicted octanol–water partition coefficient (Wildman–Crippen LogP) is 2.15. The Bertz CT molecular complexity index is 1470. The number of ether oxygens (including phenoxy) is 4. The first-order valence-electron chi connectivity index (χ1n) is 10.1. The molecule has 2 aliphatic rings. The lowest BCUT2D eigenvalue weighted by Gasteiger charge is -2.24. The molecule has 3 aromatic rings. The van der Waals surface area contributed by atoms with Crippen LogP contribution >= 0.6 is 11.3 Å². The van der Waals surface area contributed by atoms with Gasteiger partial charge in [0.2, 0.25) is 6.79 Å². The normalized spacial score (nSPS) is 16.9. The van der Waals surface area contributed by atoms with E-state index >= 15 is 0 Å². The van der Waals surface area contributed by atoms with Crippen molar-refractivity contribution in [2.75, 3.05) is 21.0 Å². The van der Waals surface area contributed by atoms with Crippen LogP contribution in [0.3, 0.4) is 0 Å².